The van der Waals surface area contributed by atoms with Crippen molar-refractivity contribution < 1.29 is 24.2 Å². The fraction of sp³-hybridized carbons (Fsp3) is 0.176. The molecule has 0 amide bonds. The molecule has 0 saturated heterocycles. The number of esters is 1. The van der Waals surface area contributed by atoms with Crippen molar-refractivity contribution >= 4 is 27.9 Å². The molecule has 0 fully saturated rings. The molecule has 0 aliphatic rings. The van der Waals surface area contributed by atoms with E-state index in [0.29, 0.717) is 10.2 Å². The largest absolute Gasteiger partial charge is 0.481 e. The topological polar surface area (TPSA) is 72.8 Å². The Labute approximate surface area is 142 Å². The molecule has 0 aromatic heterocycles. The highest BCUT2D eigenvalue weighted by atomic mass is 79.9. The average molecular weight is 379 g/mol. The van der Waals surface area contributed by atoms with Gasteiger partial charge in [0.2, 0.25) is 0 Å². The molecule has 2 aromatic rings. The van der Waals surface area contributed by atoms with Gasteiger partial charge in [-0.3, -0.25) is 0 Å². The first-order chi connectivity index (χ1) is 10.9. The van der Waals surface area contributed by atoms with Crippen molar-refractivity contribution in [1.29, 1.82) is 0 Å². The number of para-hydroxylation sites is 1. The van der Waals surface area contributed by atoms with Gasteiger partial charge in [0, 0.05) is 0 Å². The lowest BCUT2D eigenvalue weighted by Crippen LogP contribution is -2.18. The molecule has 120 valence electrons. The molecular weight excluding hydrogens is 364 g/mol. The molecule has 0 radical (unpaired) electrons. The van der Waals surface area contributed by atoms with Crippen molar-refractivity contribution in [2.75, 3.05) is 6.61 Å². The maximum absolute atomic E-state index is 11.9. The van der Waals surface area contributed by atoms with E-state index in [9.17, 15) is 9.59 Å². The quantitative estimate of drug-likeness (QED) is 0.633. The first-order valence-corrected chi connectivity index (χ1v) is 7.60. The summed E-state index contributed by atoms with van der Waals surface area (Å²) in [6.07, 6.45) is 0. The highest BCUT2D eigenvalue weighted by Gasteiger charge is 2.13. The lowest BCUT2D eigenvalue weighted by atomic mass is 10.1. The van der Waals surface area contributed by atoms with Crippen LogP contribution in [0.5, 0.6) is 11.5 Å². The van der Waals surface area contributed by atoms with Crippen LogP contribution in [0.25, 0.3) is 0 Å². The number of carboxylic acids is 1. The molecule has 6 heteroatoms. The minimum Gasteiger partial charge on any atom is -0.481 e. The van der Waals surface area contributed by atoms with Gasteiger partial charge in [0.25, 0.3) is 0 Å². The molecule has 1 N–H and O–H groups in total. The number of carboxylic acid groups (broad SMARTS) is 1. The smallest absolute Gasteiger partial charge is 0.349 e. The summed E-state index contributed by atoms with van der Waals surface area (Å²) in [5.74, 6) is -0.729. The van der Waals surface area contributed by atoms with Gasteiger partial charge >= 0.3 is 11.9 Å². The summed E-state index contributed by atoms with van der Waals surface area (Å²) in [5.41, 5.74) is 1.97. The molecule has 5 nitrogen and oxygen atoms in total. The Kier molecular flexibility index (Phi) is 5.39. The normalized spacial score (nSPS) is 10.2. The highest BCUT2D eigenvalue weighted by Crippen LogP contribution is 2.27. The summed E-state index contributed by atoms with van der Waals surface area (Å²) < 4.78 is 11.1. The van der Waals surface area contributed by atoms with E-state index in [1.165, 1.54) is 18.2 Å². The van der Waals surface area contributed by atoms with Crippen LogP contribution in [-0.4, -0.2) is 23.7 Å². The van der Waals surface area contributed by atoms with E-state index in [2.05, 4.69) is 15.9 Å². The second-order valence-corrected chi connectivity index (χ2v) is 5.79. The lowest BCUT2D eigenvalue weighted by molar-refractivity contribution is -0.136. The van der Waals surface area contributed by atoms with Crippen LogP contribution in [0.3, 0.4) is 0 Å². The van der Waals surface area contributed by atoms with Gasteiger partial charge in [0.05, 0.1) is 10.0 Å². The average Bonchev–Trinajstić information content (AvgIpc) is 2.48. The molecular formula is C17H15BrO5. The molecule has 23 heavy (non-hydrogen) atoms. The second kappa shape index (κ2) is 7.28. The Balaban J connectivity index is 2.01. The molecule has 0 bridgehead atoms. The molecule has 0 heterocycles. The van der Waals surface area contributed by atoms with E-state index in [1.54, 1.807) is 0 Å². The summed E-state index contributed by atoms with van der Waals surface area (Å²) in [6.45, 7) is 3.56. The fourth-order valence-corrected chi connectivity index (χ4v) is 2.49. The number of ether oxygens (including phenoxy) is 2. The van der Waals surface area contributed by atoms with E-state index in [0.717, 1.165) is 11.1 Å². The first-order valence-electron chi connectivity index (χ1n) is 6.81. The van der Waals surface area contributed by atoms with Crippen molar-refractivity contribution in [1.82, 2.24) is 0 Å². The lowest BCUT2D eigenvalue weighted by Gasteiger charge is -2.12. The Bertz CT molecular complexity index is 734. The monoisotopic (exact) mass is 378 g/mol. The minimum absolute atomic E-state index is 0.100. The maximum atomic E-state index is 11.9. The van der Waals surface area contributed by atoms with E-state index in [4.69, 9.17) is 14.6 Å². The Hall–Kier alpha value is -2.34. The van der Waals surface area contributed by atoms with Crippen molar-refractivity contribution in [3.05, 3.63) is 57.6 Å². The summed E-state index contributed by atoms with van der Waals surface area (Å²) in [6, 6.07) is 9.87. The van der Waals surface area contributed by atoms with Gasteiger partial charge in [-0.2, -0.15) is 0 Å². The SMILES string of the molecule is Cc1cccc(C)c1OCC(=O)Oc1ccc(C(=O)O)cc1Br. The number of halogens is 1. The number of aromatic carboxylic acids is 1. The van der Waals surface area contributed by atoms with Crippen molar-refractivity contribution in [2.45, 2.75) is 13.8 Å². The van der Waals surface area contributed by atoms with Crippen LogP contribution in [-0.2, 0) is 4.79 Å². The Morgan fingerprint density at radius 1 is 1.13 bits per heavy atom. The summed E-state index contributed by atoms with van der Waals surface area (Å²) >= 11 is 3.18. The first kappa shape index (κ1) is 17.0. The molecule has 0 aliphatic carbocycles. The van der Waals surface area contributed by atoms with Gasteiger partial charge in [-0.25, -0.2) is 9.59 Å². The zero-order chi connectivity index (χ0) is 17.0. The van der Waals surface area contributed by atoms with Gasteiger partial charge in [-0.1, -0.05) is 18.2 Å². The van der Waals surface area contributed by atoms with Crippen LogP contribution in [0.1, 0.15) is 21.5 Å². The van der Waals surface area contributed by atoms with Crippen LogP contribution in [0, 0.1) is 13.8 Å². The van der Waals surface area contributed by atoms with E-state index < -0.39 is 11.9 Å². The number of aryl methyl sites for hydroxylation is 2. The number of carbonyl (C=O) groups excluding carboxylic acids is 1. The van der Waals surface area contributed by atoms with E-state index in [1.807, 2.05) is 32.0 Å². The standard InChI is InChI=1S/C17H15BrO5/c1-10-4-3-5-11(2)16(10)22-9-15(19)23-14-7-6-12(17(20)21)8-13(14)18/h3-8H,9H2,1-2H3,(H,20,21). The molecule has 0 aliphatic heterocycles. The van der Waals surface area contributed by atoms with Gasteiger partial charge in [0.1, 0.15) is 11.5 Å². The zero-order valence-corrected chi connectivity index (χ0v) is 14.2. The summed E-state index contributed by atoms with van der Waals surface area (Å²) in [5, 5.41) is 8.90. The number of carbonyl (C=O) groups is 2. The van der Waals surface area contributed by atoms with Crippen molar-refractivity contribution in [3.8, 4) is 11.5 Å². The number of hydrogen-bond acceptors (Lipinski definition) is 4. The third kappa shape index (κ3) is 4.32. The summed E-state index contributed by atoms with van der Waals surface area (Å²) in [4.78, 5) is 22.8. The molecule has 0 atom stereocenters. The Morgan fingerprint density at radius 2 is 1.78 bits per heavy atom. The maximum Gasteiger partial charge on any atom is 0.349 e. The molecule has 2 rings (SSSR count). The highest BCUT2D eigenvalue weighted by molar-refractivity contribution is 9.10. The predicted octanol–water partition coefficient (Wildman–Crippen LogP) is 3.75. The molecule has 0 spiro atoms. The van der Waals surface area contributed by atoms with Crippen LogP contribution in [0.2, 0.25) is 0 Å². The number of hydrogen-bond donors (Lipinski definition) is 1. The number of rotatable bonds is 5. The van der Waals surface area contributed by atoms with Gasteiger partial charge in [0.15, 0.2) is 6.61 Å². The van der Waals surface area contributed by atoms with Crippen LogP contribution >= 0.6 is 15.9 Å². The van der Waals surface area contributed by atoms with Gasteiger partial charge < -0.3 is 14.6 Å². The van der Waals surface area contributed by atoms with Crippen molar-refractivity contribution in [3.63, 3.8) is 0 Å². The van der Waals surface area contributed by atoms with Crippen LogP contribution in [0.4, 0.5) is 0 Å². The molecule has 2 aromatic carbocycles. The Morgan fingerprint density at radius 3 is 2.35 bits per heavy atom. The fourth-order valence-electron chi connectivity index (χ4n) is 2.03. The minimum atomic E-state index is -1.05. The third-order valence-electron chi connectivity index (χ3n) is 3.15. The van der Waals surface area contributed by atoms with Crippen LogP contribution in [0.15, 0.2) is 40.9 Å². The third-order valence-corrected chi connectivity index (χ3v) is 3.77. The van der Waals surface area contributed by atoms with Crippen LogP contribution < -0.4 is 9.47 Å². The second-order valence-electron chi connectivity index (χ2n) is 4.93. The number of benzene rings is 2. The summed E-state index contributed by atoms with van der Waals surface area (Å²) in [7, 11) is 0. The van der Waals surface area contributed by atoms with E-state index in [-0.39, 0.29) is 17.9 Å². The van der Waals surface area contributed by atoms with Crippen molar-refractivity contribution in [2.24, 2.45) is 0 Å². The molecule has 0 unspecified atom stereocenters. The molecule has 0 saturated carbocycles. The van der Waals surface area contributed by atoms with Gasteiger partial charge in [-0.05, 0) is 59.1 Å². The zero-order valence-electron chi connectivity index (χ0n) is 12.6. The predicted molar refractivity (Wildman–Crippen MR) is 88.1 cm³/mol. The van der Waals surface area contributed by atoms with E-state index >= 15 is 0 Å². The van der Waals surface area contributed by atoms with Gasteiger partial charge in [-0.15, -0.1) is 0 Å².